The summed E-state index contributed by atoms with van der Waals surface area (Å²) in [5.41, 5.74) is 7.84. The number of aliphatic imine (C=N–C) groups is 1. The van der Waals surface area contributed by atoms with Crippen molar-refractivity contribution in [2.45, 2.75) is 11.9 Å². The number of fused-ring (bicyclic) bond motifs is 2. The zero-order chi connectivity index (χ0) is 18.2. The van der Waals surface area contributed by atoms with Gasteiger partial charge in [0, 0.05) is 30.9 Å². The van der Waals surface area contributed by atoms with Crippen LogP contribution in [0.5, 0.6) is 0 Å². The normalized spacial score (nSPS) is 22.1. The van der Waals surface area contributed by atoms with Gasteiger partial charge in [0.05, 0.1) is 17.3 Å². The van der Waals surface area contributed by atoms with E-state index in [1.54, 1.807) is 11.1 Å². The lowest BCUT2D eigenvalue weighted by molar-refractivity contribution is -0.121. The third-order valence-electron chi connectivity index (χ3n) is 4.58. The second-order valence-electron chi connectivity index (χ2n) is 6.35. The Morgan fingerprint density at radius 3 is 2.96 bits per heavy atom. The Balaban J connectivity index is 1.44. The van der Waals surface area contributed by atoms with Gasteiger partial charge in [0.25, 0.3) is 0 Å². The van der Waals surface area contributed by atoms with Crippen LogP contribution in [0.4, 0.5) is 5.69 Å². The van der Waals surface area contributed by atoms with E-state index >= 15 is 0 Å². The maximum atomic E-state index is 13.1. The average molecular weight is 379 g/mol. The van der Waals surface area contributed by atoms with Gasteiger partial charge in [0.2, 0.25) is 11.7 Å². The first-order chi connectivity index (χ1) is 13.3. The van der Waals surface area contributed by atoms with Crippen molar-refractivity contribution in [3.05, 3.63) is 60.7 Å². The van der Waals surface area contributed by atoms with E-state index in [0.717, 1.165) is 11.4 Å². The number of nitrogens with one attached hydrogen (secondary N) is 2. The van der Waals surface area contributed by atoms with Gasteiger partial charge in [-0.25, -0.2) is 20.4 Å². The molecule has 2 aliphatic rings. The zero-order valence-electron chi connectivity index (χ0n) is 14.3. The molecule has 0 saturated carbocycles. The monoisotopic (exact) mass is 379 g/mol. The Morgan fingerprint density at radius 1 is 1.22 bits per heavy atom. The molecule has 2 atom stereocenters. The smallest absolute Gasteiger partial charge is 0.241 e. The van der Waals surface area contributed by atoms with E-state index in [1.807, 2.05) is 53.2 Å². The summed E-state index contributed by atoms with van der Waals surface area (Å²) in [4.78, 5) is 28.4. The number of para-hydroxylation sites is 1. The highest BCUT2D eigenvalue weighted by Crippen LogP contribution is 2.30. The van der Waals surface area contributed by atoms with E-state index in [9.17, 15) is 4.79 Å². The molecule has 136 valence electrons. The molecule has 0 spiro atoms. The molecule has 0 aliphatic carbocycles. The Hall–Kier alpha value is -2.75. The van der Waals surface area contributed by atoms with E-state index in [-0.39, 0.29) is 18.0 Å². The van der Waals surface area contributed by atoms with Crippen LogP contribution in [0, 0.1) is 5.92 Å². The molecule has 27 heavy (non-hydrogen) atoms. The molecule has 2 aliphatic heterocycles. The molecule has 4 heterocycles. The summed E-state index contributed by atoms with van der Waals surface area (Å²) in [6.07, 6.45) is 5.35. The first-order valence-corrected chi connectivity index (χ1v) is 9.65. The van der Waals surface area contributed by atoms with Gasteiger partial charge >= 0.3 is 0 Å². The van der Waals surface area contributed by atoms with Crippen LogP contribution in [-0.4, -0.2) is 38.2 Å². The minimum absolute atomic E-state index is 0.0536. The second kappa shape index (κ2) is 6.76. The number of amidine groups is 1. The number of thioether (sulfide) groups is 1. The Morgan fingerprint density at radius 2 is 2.11 bits per heavy atom. The van der Waals surface area contributed by atoms with Gasteiger partial charge in [-0.05, 0) is 18.2 Å². The number of anilines is 1. The molecule has 9 heteroatoms. The summed E-state index contributed by atoms with van der Waals surface area (Å²) >= 11 is 1.51. The molecule has 1 fully saturated rings. The van der Waals surface area contributed by atoms with Crippen LogP contribution in [0.3, 0.4) is 0 Å². The molecule has 1 amide bonds. The number of imidazole rings is 1. The number of nitrogens with zero attached hydrogens (tertiary/aromatic N) is 5. The maximum Gasteiger partial charge on any atom is 0.241 e. The van der Waals surface area contributed by atoms with Crippen LogP contribution in [0.15, 0.2) is 60.0 Å². The van der Waals surface area contributed by atoms with Crippen molar-refractivity contribution in [3.8, 4) is 0 Å². The Bertz CT molecular complexity index is 986. The van der Waals surface area contributed by atoms with E-state index in [4.69, 9.17) is 4.99 Å². The lowest BCUT2D eigenvalue weighted by Gasteiger charge is -2.32. The molecule has 2 aromatic heterocycles. The lowest BCUT2D eigenvalue weighted by Crippen LogP contribution is -2.49. The Kier molecular flexibility index (Phi) is 4.12. The summed E-state index contributed by atoms with van der Waals surface area (Å²) in [5, 5.41) is 0.675. The summed E-state index contributed by atoms with van der Waals surface area (Å²) < 4.78 is 1.89. The molecule has 0 radical (unpaired) electrons. The summed E-state index contributed by atoms with van der Waals surface area (Å²) in [6.45, 7) is 0.576. The van der Waals surface area contributed by atoms with Crippen molar-refractivity contribution in [2.24, 2.45) is 10.9 Å². The summed E-state index contributed by atoms with van der Waals surface area (Å²) in [6, 6.07) is 11.5. The first-order valence-electron chi connectivity index (χ1n) is 8.66. The van der Waals surface area contributed by atoms with E-state index < -0.39 is 0 Å². The fourth-order valence-electron chi connectivity index (χ4n) is 3.27. The maximum absolute atomic E-state index is 13.1. The van der Waals surface area contributed by atoms with Gasteiger partial charge in [-0.2, -0.15) is 0 Å². The summed E-state index contributed by atoms with van der Waals surface area (Å²) in [7, 11) is 0. The van der Waals surface area contributed by atoms with Crippen molar-refractivity contribution in [3.63, 3.8) is 0 Å². The third-order valence-corrected chi connectivity index (χ3v) is 5.57. The molecule has 2 N–H and O–H groups in total. The number of hydrogen-bond donors (Lipinski definition) is 2. The van der Waals surface area contributed by atoms with Crippen molar-refractivity contribution >= 4 is 34.3 Å². The van der Waals surface area contributed by atoms with Gasteiger partial charge in [-0.15, -0.1) is 0 Å². The van der Waals surface area contributed by atoms with Crippen LogP contribution in [-0.2, 0) is 10.5 Å². The van der Waals surface area contributed by atoms with Gasteiger partial charge in [-0.1, -0.05) is 30.0 Å². The number of rotatable bonds is 3. The van der Waals surface area contributed by atoms with Crippen molar-refractivity contribution in [1.82, 2.24) is 25.2 Å². The minimum atomic E-state index is -0.234. The van der Waals surface area contributed by atoms with Crippen LogP contribution in [0.2, 0.25) is 0 Å². The SMILES string of the molecule is O=C1C2CNNC2N=C(SCc2cn3cccnc3n2)N1c1ccccc1. The molecule has 5 rings (SSSR count). The number of benzene rings is 1. The van der Waals surface area contributed by atoms with Gasteiger partial charge in [0.1, 0.15) is 6.17 Å². The zero-order valence-corrected chi connectivity index (χ0v) is 15.1. The van der Waals surface area contributed by atoms with Crippen molar-refractivity contribution in [1.29, 1.82) is 0 Å². The van der Waals surface area contributed by atoms with Crippen LogP contribution in [0.25, 0.3) is 5.78 Å². The standard InChI is InChI=1S/C18H17N7OS/c26-16-14-9-20-23-15(14)22-18(25(16)13-5-2-1-3-6-13)27-11-12-10-24-8-4-7-19-17(24)21-12/h1-8,10,14-15,20,23H,9,11H2. The number of aromatic nitrogens is 3. The van der Waals surface area contributed by atoms with Gasteiger partial charge in [-0.3, -0.25) is 19.5 Å². The lowest BCUT2D eigenvalue weighted by atomic mass is 10.1. The van der Waals surface area contributed by atoms with Gasteiger partial charge < -0.3 is 0 Å². The molecule has 1 saturated heterocycles. The topological polar surface area (TPSA) is 86.9 Å². The fourth-order valence-corrected chi connectivity index (χ4v) is 4.20. The van der Waals surface area contributed by atoms with E-state index in [1.165, 1.54) is 11.8 Å². The highest BCUT2D eigenvalue weighted by atomic mass is 32.2. The number of carbonyl (C=O) groups excluding carboxylic acids is 1. The molecule has 1 aromatic carbocycles. The molecular formula is C18H17N7OS. The molecule has 2 unspecified atom stereocenters. The van der Waals surface area contributed by atoms with Crippen molar-refractivity contribution in [2.75, 3.05) is 11.4 Å². The number of hydrogen-bond acceptors (Lipinski definition) is 7. The molecule has 0 bridgehead atoms. The minimum Gasteiger partial charge on any atom is -0.291 e. The highest BCUT2D eigenvalue weighted by Gasteiger charge is 2.42. The molecule has 3 aromatic rings. The third kappa shape index (κ3) is 2.99. The fraction of sp³-hybridized carbons (Fsp3) is 0.222. The van der Waals surface area contributed by atoms with E-state index in [0.29, 0.717) is 23.2 Å². The largest absolute Gasteiger partial charge is 0.291 e. The molecular weight excluding hydrogens is 362 g/mol. The summed E-state index contributed by atoms with van der Waals surface area (Å²) in [5.74, 6) is 1.12. The van der Waals surface area contributed by atoms with E-state index in [2.05, 4.69) is 20.8 Å². The average Bonchev–Trinajstić information content (AvgIpc) is 3.33. The Labute approximate surface area is 159 Å². The quantitative estimate of drug-likeness (QED) is 0.716. The first kappa shape index (κ1) is 16.4. The number of carbonyl (C=O) groups is 1. The van der Waals surface area contributed by atoms with Crippen LogP contribution in [0.1, 0.15) is 5.69 Å². The predicted octanol–water partition coefficient (Wildman–Crippen LogP) is 1.42. The van der Waals surface area contributed by atoms with Crippen LogP contribution >= 0.6 is 11.8 Å². The predicted molar refractivity (Wildman–Crippen MR) is 104 cm³/mol. The number of hydrazine groups is 1. The second-order valence-corrected chi connectivity index (χ2v) is 7.29. The molecule has 8 nitrogen and oxygen atoms in total. The van der Waals surface area contributed by atoms with Crippen LogP contribution < -0.4 is 15.8 Å². The number of amides is 1. The highest BCUT2D eigenvalue weighted by molar-refractivity contribution is 8.13. The van der Waals surface area contributed by atoms with Crippen molar-refractivity contribution < 1.29 is 4.79 Å². The van der Waals surface area contributed by atoms with Gasteiger partial charge in [0.15, 0.2) is 5.17 Å².